The van der Waals surface area contributed by atoms with Gasteiger partial charge in [0.05, 0.1) is 5.69 Å². The van der Waals surface area contributed by atoms with Crippen molar-refractivity contribution in [2.24, 2.45) is 0 Å². The van der Waals surface area contributed by atoms with E-state index < -0.39 is 0 Å². The van der Waals surface area contributed by atoms with Crippen molar-refractivity contribution in [2.75, 3.05) is 31.6 Å². The number of anilines is 2. The van der Waals surface area contributed by atoms with E-state index in [1.165, 1.54) is 31.5 Å². The smallest absolute Gasteiger partial charge is 0.227 e. The number of hydrogen-bond donors (Lipinski definition) is 1. The normalized spacial score (nSPS) is 14.1. The maximum absolute atomic E-state index is 5.87. The van der Waals surface area contributed by atoms with Gasteiger partial charge in [0.25, 0.3) is 0 Å². The minimum Gasteiger partial charge on any atom is -0.492 e. The third-order valence-corrected chi connectivity index (χ3v) is 5.28. The van der Waals surface area contributed by atoms with Gasteiger partial charge in [-0.25, -0.2) is 9.97 Å². The molecule has 0 aliphatic carbocycles. The predicted molar refractivity (Wildman–Crippen MR) is 117 cm³/mol. The highest BCUT2D eigenvalue weighted by Gasteiger charge is 2.11. The summed E-state index contributed by atoms with van der Waals surface area (Å²) in [6, 6.07) is 18.4. The third-order valence-electron chi connectivity index (χ3n) is 5.28. The Labute approximate surface area is 172 Å². The molecular formula is C24H28N4O. The van der Waals surface area contributed by atoms with Crippen molar-refractivity contribution in [2.45, 2.75) is 26.2 Å². The molecule has 0 bridgehead atoms. The summed E-state index contributed by atoms with van der Waals surface area (Å²) >= 11 is 0. The van der Waals surface area contributed by atoms with E-state index >= 15 is 0 Å². The summed E-state index contributed by atoms with van der Waals surface area (Å²) in [5, 5.41) is 3.30. The van der Waals surface area contributed by atoms with E-state index in [9.17, 15) is 0 Å². The number of benzene rings is 2. The minimum absolute atomic E-state index is 0.615. The lowest BCUT2D eigenvalue weighted by Crippen LogP contribution is -2.25. The molecule has 1 aromatic heterocycles. The number of ether oxygens (including phenoxy) is 1. The average molecular weight is 389 g/mol. The maximum Gasteiger partial charge on any atom is 0.227 e. The van der Waals surface area contributed by atoms with Crippen molar-refractivity contribution in [3.05, 3.63) is 77.6 Å². The van der Waals surface area contributed by atoms with E-state index in [2.05, 4.69) is 46.4 Å². The van der Waals surface area contributed by atoms with Crippen LogP contribution in [0.1, 0.15) is 29.7 Å². The molecule has 0 atom stereocenters. The lowest BCUT2D eigenvalue weighted by atomic mass is 10.1. The average Bonchev–Trinajstić information content (AvgIpc) is 3.26. The first-order valence-electron chi connectivity index (χ1n) is 10.3. The van der Waals surface area contributed by atoms with Crippen molar-refractivity contribution in [3.8, 4) is 5.75 Å². The number of aromatic nitrogens is 2. The van der Waals surface area contributed by atoms with Crippen LogP contribution in [0.2, 0.25) is 0 Å². The Morgan fingerprint density at radius 3 is 2.52 bits per heavy atom. The Bertz CT molecular complexity index is 906. The predicted octanol–water partition coefficient (Wildman–Crippen LogP) is 4.59. The van der Waals surface area contributed by atoms with Crippen LogP contribution in [0.5, 0.6) is 5.75 Å². The fourth-order valence-electron chi connectivity index (χ4n) is 3.57. The van der Waals surface area contributed by atoms with Gasteiger partial charge in [0.1, 0.15) is 12.4 Å². The van der Waals surface area contributed by atoms with Crippen LogP contribution < -0.4 is 10.1 Å². The van der Waals surface area contributed by atoms with Gasteiger partial charge in [-0.05, 0) is 68.2 Å². The molecule has 0 saturated carbocycles. The molecule has 0 amide bonds. The van der Waals surface area contributed by atoms with E-state index in [1.807, 2.05) is 36.5 Å². The molecule has 1 fully saturated rings. The van der Waals surface area contributed by atoms with Crippen LogP contribution in [0.25, 0.3) is 0 Å². The van der Waals surface area contributed by atoms with E-state index in [-0.39, 0.29) is 0 Å². The standard InChI is InChI=1S/C24H28N4O/c1-19-18-25-24(27-23(19)17-20-7-3-2-4-8-20)26-21-9-11-22(12-10-21)29-16-15-28-13-5-6-14-28/h2-4,7-12,18H,5-6,13-17H2,1H3,(H,25,26,27). The molecule has 1 aliphatic rings. The fourth-order valence-corrected chi connectivity index (χ4v) is 3.57. The van der Waals surface area contributed by atoms with Crippen molar-refractivity contribution in [1.29, 1.82) is 0 Å². The SMILES string of the molecule is Cc1cnc(Nc2ccc(OCCN3CCCC3)cc2)nc1Cc1ccccc1. The highest BCUT2D eigenvalue weighted by molar-refractivity contribution is 5.54. The van der Waals surface area contributed by atoms with Crippen molar-refractivity contribution in [1.82, 2.24) is 14.9 Å². The fraction of sp³-hybridized carbons (Fsp3) is 0.333. The zero-order valence-electron chi connectivity index (χ0n) is 17.0. The minimum atomic E-state index is 0.615. The zero-order chi connectivity index (χ0) is 19.9. The summed E-state index contributed by atoms with van der Waals surface area (Å²) in [5.41, 5.74) is 4.33. The number of nitrogens with one attached hydrogen (secondary N) is 1. The summed E-state index contributed by atoms with van der Waals surface area (Å²) in [5.74, 6) is 1.51. The van der Waals surface area contributed by atoms with E-state index in [0.29, 0.717) is 5.95 Å². The third kappa shape index (κ3) is 5.55. The molecular weight excluding hydrogens is 360 g/mol. The van der Waals surface area contributed by atoms with Crippen LogP contribution in [0.3, 0.4) is 0 Å². The van der Waals surface area contributed by atoms with Crippen LogP contribution in [0.15, 0.2) is 60.8 Å². The first kappa shape index (κ1) is 19.4. The van der Waals surface area contributed by atoms with Gasteiger partial charge in [-0.1, -0.05) is 30.3 Å². The van der Waals surface area contributed by atoms with Crippen LogP contribution >= 0.6 is 0 Å². The highest BCUT2D eigenvalue weighted by Crippen LogP contribution is 2.20. The second-order valence-corrected chi connectivity index (χ2v) is 7.53. The molecule has 2 heterocycles. The van der Waals surface area contributed by atoms with Crippen LogP contribution in [-0.4, -0.2) is 41.1 Å². The second-order valence-electron chi connectivity index (χ2n) is 7.53. The van der Waals surface area contributed by atoms with Crippen LogP contribution in [0.4, 0.5) is 11.6 Å². The molecule has 5 nitrogen and oxygen atoms in total. The molecule has 4 rings (SSSR count). The van der Waals surface area contributed by atoms with Crippen molar-refractivity contribution >= 4 is 11.6 Å². The molecule has 0 unspecified atom stereocenters. The molecule has 0 radical (unpaired) electrons. The van der Waals surface area contributed by atoms with Gasteiger partial charge in [-0.2, -0.15) is 0 Å². The maximum atomic E-state index is 5.87. The second kappa shape index (κ2) is 9.52. The molecule has 29 heavy (non-hydrogen) atoms. The summed E-state index contributed by atoms with van der Waals surface area (Å²) in [4.78, 5) is 11.6. The molecule has 3 aromatic rings. The highest BCUT2D eigenvalue weighted by atomic mass is 16.5. The number of nitrogens with zero attached hydrogens (tertiary/aromatic N) is 3. The van der Waals surface area contributed by atoms with E-state index in [1.54, 1.807) is 0 Å². The van der Waals surface area contributed by atoms with Gasteiger partial charge >= 0.3 is 0 Å². The topological polar surface area (TPSA) is 50.3 Å². The summed E-state index contributed by atoms with van der Waals surface area (Å²) in [6.07, 6.45) is 5.31. The molecule has 5 heteroatoms. The summed E-state index contributed by atoms with van der Waals surface area (Å²) < 4.78 is 5.87. The Balaban J connectivity index is 1.34. The largest absolute Gasteiger partial charge is 0.492 e. The Kier molecular flexibility index (Phi) is 6.37. The molecule has 0 spiro atoms. The lowest BCUT2D eigenvalue weighted by Gasteiger charge is -2.15. The quantitative estimate of drug-likeness (QED) is 0.611. The van der Waals surface area contributed by atoms with Crippen molar-refractivity contribution < 1.29 is 4.74 Å². The Morgan fingerprint density at radius 2 is 1.76 bits per heavy atom. The summed E-state index contributed by atoms with van der Waals surface area (Å²) in [6.45, 7) is 6.19. The van der Waals surface area contributed by atoms with Gasteiger partial charge in [0.15, 0.2) is 0 Å². The lowest BCUT2D eigenvalue weighted by molar-refractivity contribution is 0.238. The van der Waals surface area contributed by atoms with E-state index in [4.69, 9.17) is 9.72 Å². The van der Waals surface area contributed by atoms with Crippen molar-refractivity contribution in [3.63, 3.8) is 0 Å². The number of hydrogen-bond acceptors (Lipinski definition) is 5. The van der Waals surface area contributed by atoms with Gasteiger partial charge in [-0.3, -0.25) is 4.90 Å². The molecule has 1 aliphatic heterocycles. The zero-order valence-corrected chi connectivity index (χ0v) is 17.0. The monoisotopic (exact) mass is 388 g/mol. The molecule has 1 N–H and O–H groups in total. The summed E-state index contributed by atoms with van der Waals surface area (Å²) in [7, 11) is 0. The molecule has 2 aromatic carbocycles. The van der Waals surface area contributed by atoms with Gasteiger partial charge in [0, 0.05) is 24.8 Å². The van der Waals surface area contributed by atoms with Crippen LogP contribution in [0, 0.1) is 6.92 Å². The van der Waals surface area contributed by atoms with Gasteiger partial charge in [0.2, 0.25) is 5.95 Å². The first-order chi connectivity index (χ1) is 14.3. The first-order valence-corrected chi connectivity index (χ1v) is 10.3. The number of likely N-dealkylation sites (tertiary alicyclic amines) is 1. The van der Waals surface area contributed by atoms with Gasteiger partial charge in [-0.15, -0.1) is 0 Å². The number of rotatable bonds is 8. The van der Waals surface area contributed by atoms with E-state index in [0.717, 1.165) is 42.3 Å². The molecule has 150 valence electrons. The van der Waals surface area contributed by atoms with Crippen LogP contribution in [-0.2, 0) is 6.42 Å². The Morgan fingerprint density at radius 1 is 1.00 bits per heavy atom. The Hall–Kier alpha value is -2.92. The number of aryl methyl sites for hydroxylation is 1. The molecule has 1 saturated heterocycles. The van der Waals surface area contributed by atoms with Gasteiger partial charge < -0.3 is 10.1 Å².